The summed E-state index contributed by atoms with van der Waals surface area (Å²) < 4.78 is 5.28. The van der Waals surface area contributed by atoms with E-state index in [9.17, 15) is 4.79 Å². The molecule has 1 aromatic heterocycles. The van der Waals surface area contributed by atoms with E-state index in [1.807, 2.05) is 18.2 Å². The van der Waals surface area contributed by atoms with Gasteiger partial charge in [0.1, 0.15) is 5.58 Å². The first-order chi connectivity index (χ1) is 10.1. The van der Waals surface area contributed by atoms with E-state index < -0.39 is 5.97 Å². The Bertz CT molecular complexity index is 653. The zero-order valence-corrected chi connectivity index (χ0v) is 12.3. The zero-order chi connectivity index (χ0) is 14.9. The van der Waals surface area contributed by atoms with Crippen LogP contribution in [0.4, 0.5) is 0 Å². The van der Waals surface area contributed by atoms with Crippen LogP contribution in [0.5, 0.6) is 0 Å². The molecule has 0 bridgehead atoms. The quantitative estimate of drug-likeness (QED) is 0.894. The Balaban J connectivity index is 1.73. The van der Waals surface area contributed by atoms with E-state index in [1.165, 1.54) is 32.1 Å². The minimum Gasteiger partial charge on any atom is -0.475 e. The van der Waals surface area contributed by atoms with Crippen molar-refractivity contribution in [1.82, 2.24) is 5.32 Å². The maximum Gasteiger partial charge on any atom is 0.371 e. The SMILES string of the molecule is CC1(NCc2ccc3oc(C(=O)O)cc3c2)CCCCC1. The van der Waals surface area contributed by atoms with Crippen molar-refractivity contribution in [1.29, 1.82) is 0 Å². The monoisotopic (exact) mass is 287 g/mol. The van der Waals surface area contributed by atoms with Crippen LogP contribution in [0.2, 0.25) is 0 Å². The Morgan fingerprint density at radius 2 is 2.05 bits per heavy atom. The van der Waals surface area contributed by atoms with Crippen molar-refractivity contribution in [2.75, 3.05) is 0 Å². The summed E-state index contributed by atoms with van der Waals surface area (Å²) in [5, 5.41) is 13.5. The average molecular weight is 287 g/mol. The molecule has 21 heavy (non-hydrogen) atoms. The van der Waals surface area contributed by atoms with Crippen LogP contribution >= 0.6 is 0 Å². The molecule has 3 rings (SSSR count). The van der Waals surface area contributed by atoms with Crippen molar-refractivity contribution in [3.63, 3.8) is 0 Å². The van der Waals surface area contributed by atoms with Crippen LogP contribution < -0.4 is 5.32 Å². The third kappa shape index (κ3) is 3.10. The van der Waals surface area contributed by atoms with Gasteiger partial charge in [0.05, 0.1) is 0 Å². The van der Waals surface area contributed by atoms with Crippen molar-refractivity contribution < 1.29 is 14.3 Å². The largest absolute Gasteiger partial charge is 0.475 e. The van der Waals surface area contributed by atoms with Gasteiger partial charge in [0.25, 0.3) is 0 Å². The molecule has 0 aliphatic heterocycles. The molecule has 0 atom stereocenters. The van der Waals surface area contributed by atoms with Crippen molar-refractivity contribution in [2.24, 2.45) is 0 Å². The second-order valence-corrected chi connectivity index (χ2v) is 6.26. The number of aromatic carboxylic acids is 1. The predicted octanol–water partition coefficient (Wildman–Crippen LogP) is 3.94. The molecule has 112 valence electrons. The smallest absolute Gasteiger partial charge is 0.371 e. The van der Waals surface area contributed by atoms with Gasteiger partial charge in [-0.05, 0) is 43.5 Å². The fourth-order valence-corrected chi connectivity index (χ4v) is 3.13. The van der Waals surface area contributed by atoms with Crippen LogP contribution in [0.3, 0.4) is 0 Å². The summed E-state index contributed by atoms with van der Waals surface area (Å²) in [5.74, 6) is -1.03. The highest BCUT2D eigenvalue weighted by molar-refractivity contribution is 5.91. The molecule has 1 aliphatic carbocycles. The van der Waals surface area contributed by atoms with E-state index in [0.29, 0.717) is 5.58 Å². The average Bonchev–Trinajstić information content (AvgIpc) is 2.89. The third-order valence-electron chi connectivity index (χ3n) is 4.47. The first-order valence-corrected chi connectivity index (χ1v) is 7.57. The molecule has 2 N–H and O–H groups in total. The van der Waals surface area contributed by atoms with E-state index in [0.717, 1.165) is 17.5 Å². The van der Waals surface area contributed by atoms with E-state index in [1.54, 1.807) is 6.07 Å². The Morgan fingerprint density at radius 3 is 2.76 bits per heavy atom. The summed E-state index contributed by atoms with van der Waals surface area (Å²) in [6.45, 7) is 3.10. The summed E-state index contributed by atoms with van der Waals surface area (Å²) in [5.41, 5.74) is 2.02. The normalized spacial score (nSPS) is 18.0. The van der Waals surface area contributed by atoms with Crippen LogP contribution in [-0.4, -0.2) is 16.6 Å². The fourth-order valence-electron chi connectivity index (χ4n) is 3.13. The van der Waals surface area contributed by atoms with Crippen LogP contribution in [0.15, 0.2) is 28.7 Å². The molecular formula is C17H21NO3. The lowest BCUT2D eigenvalue weighted by Gasteiger charge is -2.34. The van der Waals surface area contributed by atoms with Crippen molar-refractivity contribution in [3.05, 3.63) is 35.6 Å². The van der Waals surface area contributed by atoms with Gasteiger partial charge in [0.15, 0.2) is 0 Å². The Morgan fingerprint density at radius 1 is 1.29 bits per heavy atom. The molecule has 0 amide bonds. The third-order valence-corrected chi connectivity index (χ3v) is 4.47. The number of furan rings is 1. The highest BCUT2D eigenvalue weighted by Crippen LogP contribution is 2.28. The lowest BCUT2D eigenvalue weighted by molar-refractivity contribution is 0.0665. The summed E-state index contributed by atoms with van der Waals surface area (Å²) in [6, 6.07) is 7.44. The van der Waals surface area contributed by atoms with E-state index in [2.05, 4.69) is 12.2 Å². The molecule has 2 aromatic rings. The summed E-state index contributed by atoms with van der Waals surface area (Å²) >= 11 is 0. The lowest BCUT2D eigenvalue weighted by Crippen LogP contribution is -2.43. The molecule has 1 fully saturated rings. The fraction of sp³-hybridized carbons (Fsp3) is 0.471. The van der Waals surface area contributed by atoms with Gasteiger partial charge < -0.3 is 14.8 Å². The number of rotatable bonds is 4. The van der Waals surface area contributed by atoms with Crippen molar-refractivity contribution in [3.8, 4) is 0 Å². The number of fused-ring (bicyclic) bond motifs is 1. The van der Waals surface area contributed by atoms with Gasteiger partial charge in [0.2, 0.25) is 5.76 Å². The maximum atomic E-state index is 10.9. The summed E-state index contributed by atoms with van der Waals surface area (Å²) in [7, 11) is 0. The molecule has 4 nitrogen and oxygen atoms in total. The zero-order valence-electron chi connectivity index (χ0n) is 12.3. The molecule has 0 unspecified atom stereocenters. The van der Waals surface area contributed by atoms with Gasteiger partial charge in [-0.3, -0.25) is 0 Å². The number of carboxylic acids is 1. The van der Waals surface area contributed by atoms with Crippen LogP contribution in [0.1, 0.15) is 55.1 Å². The van der Waals surface area contributed by atoms with Crippen molar-refractivity contribution in [2.45, 2.75) is 51.1 Å². The molecule has 4 heteroatoms. The predicted molar refractivity (Wildman–Crippen MR) is 81.5 cm³/mol. The molecule has 1 saturated carbocycles. The summed E-state index contributed by atoms with van der Waals surface area (Å²) in [6.07, 6.45) is 6.39. The highest BCUT2D eigenvalue weighted by Gasteiger charge is 2.25. The summed E-state index contributed by atoms with van der Waals surface area (Å²) in [4.78, 5) is 10.9. The first-order valence-electron chi connectivity index (χ1n) is 7.57. The molecule has 1 heterocycles. The van der Waals surface area contributed by atoms with E-state index in [4.69, 9.17) is 9.52 Å². The molecule has 0 spiro atoms. The number of benzene rings is 1. The number of hydrogen-bond donors (Lipinski definition) is 2. The van der Waals surface area contributed by atoms with E-state index >= 15 is 0 Å². The van der Waals surface area contributed by atoms with Crippen molar-refractivity contribution >= 4 is 16.9 Å². The minimum absolute atomic E-state index is 0.00523. The number of nitrogens with one attached hydrogen (secondary N) is 1. The number of carboxylic acid groups (broad SMARTS) is 1. The second-order valence-electron chi connectivity index (χ2n) is 6.26. The lowest BCUT2D eigenvalue weighted by atomic mass is 9.83. The van der Waals surface area contributed by atoms with Gasteiger partial charge in [-0.1, -0.05) is 25.3 Å². The molecule has 1 aliphatic rings. The Kier molecular flexibility index (Phi) is 3.72. The molecule has 1 aromatic carbocycles. The van der Waals surface area contributed by atoms with Crippen LogP contribution in [0.25, 0.3) is 11.0 Å². The van der Waals surface area contributed by atoms with Gasteiger partial charge in [0, 0.05) is 17.5 Å². The molecule has 0 radical (unpaired) electrons. The van der Waals surface area contributed by atoms with Gasteiger partial charge in [-0.25, -0.2) is 4.79 Å². The number of hydrogen-bond acceptors (Lipinski definition) is 3. The molecular weight excluding hydrogens is 266 g/mol. The van der Waals surface area contributed by atoms with Crippen LogP contribution in [0, 0.1) is 0 Å². The Hall–Kier alpha value is -1.81. The number of carbonyl (C=O) groups is 1. The standard InChI is InChI=1S/C17H21NO3/c1-17(7-3-2-4-8-17)18-11-12-5-6-14-13(9-12)10-15(21-14)16(19)20/h5-6,9-10,18H,2-4,7-8,11H2,1H3,(H,19,20). The second kappa shape index (κ2) is 5.53. The van der Waals surface area contributed by atoms with Gasteiger partial charge in [-0.2, -0.15) is 0 Å². The van der Waals surface area contributed by atoms with Gasteiger partial charge in [-0.15, -0.1) is 0 Å². The highest BCUT2D eigenvalue weighted by atomic mass is 16.4. The maximum absolute atomic E-state index is 10.9. The minimum atomic E-state index is -1.03. The first kappa shape index (κ1) is 14.1. The molecule has 0 saturated heterocycles. The van der Waals surface area contributed by atoms with Gasteiger partial charge >= 0.3 is 5.97 Å². The van der Waals surface area contributed by atoms with Crippen LogP contribution in [-0.2, 0) is 6.54 Å². The van der Waals surface area contributed by atoms with E-state index in [-0.39, 0.29) is 11.3 Å². The topological polar surface area (TPSA) is 62.5 Å². The Labute approximate surface area is 124 Å².